The molecule has 2 atom stereocenters. The highest BCUT2D eigenvalue weighted by molar-refractivity contribution is 5.72. The van der Waals surface area contributed by atoms with E-state index in [4.69, 9.17) is 14.5 Å². The number of rotatable bonds is 8. The quantitative estimate of drug-likeness (QED) is 0.290. The number of hydrogen-bond donors (Lipinski definition) is 0. The molecule has 2 unspecified atom stereocenters. The summed E-state index contributed by atoms with van der Waals surface area (Å²) in [6.07, 6.45) is 3.68. The molecule has 0 heterocycles. The molecule has 0 radical (unpaired) electrons. The lowest BCUT2D eigenvalue weighted by molar-refractivity contribution is -0.307. The summed E-state index contributed by atoms with van der Waals surface area (Å²) in [5.74, 6) is 0.147. The summed E-state index contributed by atoms with van der Waals surface area (Å²) in [5.41, 5.74) is 0. The Kier molecular flexibility index (Phi) is 7.88. The molecule has 1 aliphatic carbocycles. The fourth-order valence-corrected chi connectivity index (χ4v) is 2.17. The van der Waals surface area contributed by atoms with E-state index >= 15 is 0 Å². The molecular formula is C12H21FO5. The van der Waals surface area contributed by atoms with Gasteiger partial charge in [0.05, 0.1) is 26.2 Å². The minimum absolute atomic E-state index is 0.0211. The monoisotopic (exact) mass is 264 g/mol. The standard InChI is InChI=1S/C12H21FO5/c1-15-12(14)11-4-2-3-10(7-11)8-18-17-6-5-16-9-13/h10-11H,2-9H2,1H3. The van der Waals surface area contributed by atoms with Crippen LogP contribution in [0.15, 0.2) is 0 Å². The van der Waals surface area contributed by atoms with Gasteiger partial charge in [-0.15, -0.1) is 0 Å². The Labute approximate surface area is 106 Å². The third kappa shape index (κ3) is 5.75. The Hall–Kier alpha value is -0.720. The Morgan fingerprint density at radius 3 is 2.83 bits per heavy atom. The van der Waals surface area contributed by atoms with E-state index in [-0.39, 0.29) is 25.1 Å². The number of hydrogen-bond acceptors (Lipinski definition) is 5. The van der Waals surface area contributed by atoms with E-state index in [0.717, 1.165) is 25.7 Å². The number of esters is 1. The van der Waals surface area contributed by atoms with Gasteiger partial charge in [0.15, 0.2) is 6.86 Å². The second-order valence-electron chi connectivity index (χ2n) is 4.38. The molecule has 0 bridgehead atoms. The summed E-state index contributed by atoms with van der Waals surface area (Å²) in [5, 5.41) is 0. The lowest BCUT2D eigenvalue weighted by Gasteiger charge is -2.26. The average Bonchev–Trinajstić information content (AvgIpc) is 2.42. The highest BCUT2D eigenvalue weighted by Gasteiger charge is 2.28. The van der Waals surface area contributed by atoms with E-state index in [0.29, 0.717) is 12.5 Å². The summed E-state index contributed by atoms with van der Waals surface area (Å²) < 4.78 is 20.8. The normalized spacial score (nSPS) is 23.9. The van der Waals surface area contributed by atoms with Gasteiger partial charge in [0.25, 0.3) is 0 Å². The lowest BCUT2D eigenvalue weighted by Crippen LogP contribution is -2.26. The van der Waals surface area contributed by atoms with Gasteiger partial charge < -0.3 is 9.47 Å². The molecule has 106 valence electrons. The smallest absolute Gasteiger partial charge is 0.308 e. The van der Waals surface area contributed by atoms with Crippen LogP contribution in [0.5, 0.6) is 0 Å². The molecule has 1 saturated carbocycles. The topological polar surface area (TPSA) is 54.0 Å². The molecular weight excluding hydrogens is 243 g/mol. The minimum Gasteiger partial charge on any atom is -0.469 e. The average molecular weight is 264 g/mol. The third-order valence-electron chi connectivity index (χ3n) is 3.09. The highest BCUT2D eigenvalue weighted by Crippen LogP contribution is 2.29. The van der Waals surface area contributed by atoms with Crippen LogP contribution in [0.25, 0.3) is 0 Å². The zero-order valence-electron chi connectivity index (χ0n) is 10.7. The van der Waals surface area contributed by atoms with Crippen LogP contribution < -0.4 is 0 Å². The summed E-state index contributed by atoms with van der Waals surface area (Å²) in [4.78, 5) is 21.3. The summed E-state index contributed by atoms with van der Waals surface area (Å²) in [7, 11) is 1.41. The maximum Gasteiger partial charge on any atom is 0.308 e. The molecule has 0 N–H and O–H groups in total. The predicted molar refractivity (Wildman–Crippen MR) is 61.3 cm³/mol. The van der Waals surface area contributed by atoms with Crippen molar-refractivity contribution in [2.75, 3.05) is 33.8 Å². The fourth-order valence-electron chi connectivity index (χ4n) is 2.17. The zero-order chi connectivity index (χ0) is 13.2. The SMILES string of the molecule is COC(=O)C1CCCC(COOCCOCF)C1. The molecule has 0 aromatic carbocycles. The van der Waals surface area contributed by atoms with Crippen LogP contribution in [0.2, 0.25) is 0 Å². The number of carbonyl (C=O) groups is 1. The highest BCUT2D eigenvalue weighted by atomic mass is 19.1. The van der Waals surface area contributed by atoms with Crippen LogP contribution in [0.3, 0.4) is 0 Å². The number of methoxy groups -OCH3 is 1. The van der Waals surface area contributed by atoms with E-state index in [1.165, 1.54) is 7.11 Å². The maximum absolute atomic E-state index is 11.6. The number of carbonyl (C=O) groups excluding carboxylic acids is 1. The molecule has 1 rings (SSSR count). The van der Waals surface area contributed by atoms with Gasteiger partial charge in [0.2, 0.25) is 0 Å². The van der Waals surface area contributed by atoms with Crippen molar-refractivity contribution in [1.29, 1.82) is 0 Å². The van der Waals surface area contributed by atoms with Crippen LogP contribution in [0, 0.1) is 11.8 Å². The Morgan fingerprint density at radius 1 is 1.28 bits per heavy atom. The molecule has 0 aromatic rings. The predicted octanol–water partition coefficient (Wildman–Crippen LogP) is 1.86. The van der Waals surface area contributed by atoms with Crippen molar-refractivity contribution in [3.63, 3.8) is 0 Å². The summed E-state index contributed by atoms with van der Waals surface area (Å²) >= 11 is 0. The van der Waals surface area contributed by atoms with Gasteiger partial charge in [0.1, 0.15) is 6.61 Å². The first-order valence-electron chi connectivity index (χ1n) is 6.24. The summed E-state index contributed by atoms with van der Waals surface area (Å²) in [6.45, 7) is 0.0128. The van der Waals surface area contributed by atoms with Crippen molar-refractivity contribution in [3.05, 3.63) is 0 Å². The van der Waals surface area contributed by atoms with Gasteiger partial charge in [-0.25, -0.2) is 14.2 Å². The third-order valence-corrected chi connectivity index (χ3v) is 3.09. The van der Waals surface area contributed by atoms with Crippen LogP contribution in [0.4, 0.5) is 4.39 Å². The molecule has 6 heteroatoms. The van der Waals surface area contributed by atoms with Crippen molar-refractivity contribution in [3.8, 4) is 0 Å². The largest absolute Gasteiger partial charge is 0.469 e. The molecule has 1 aliphatic rings. The molecule has 5 nitrogen and oxygen atoms in total. The first-order chi connectivity index (χ1) is 8.77. The van der Waals surface area contributed by atoms with Gasteiger partial charge in [-0.2, -0.15) is 0 Å². The maximum atomic E-state index is 11.6. The van der Waals surface area contributed by atoms with Crippen LogP contribution in [-0.4, -0.2) is 39.8 Å². The van der Waals surface area contributed by atoms with Gasteiger partial charge in [-0.3, -0.25) is 4.79 Å². The van der Waals surface area contributed by atoms with Gasteiger partial charge in [-0.05, 0) is 25.2 Å². The van der Waals surface area contributed by atoms with Crippen molar-refractivity contribution >= 4 is 5.97 Å². The second kappa shape index (κ2) is 9.24. The fraction of sp³-hybridized carbons (Fsp3) is 0.917. The van der Waals surface area contributed by atoms with E-state index in [1.807, 2.05) is 0 Å². The molecule has 1 fully saturated rings. The van der Waals surface area contributed by atoms with Crippen LogP contribution >= 0.6 is 0 Å². The van der Waals surface area contributed by atoms with Gasteiger partial charge >= 0.3 is 5.97 Å². The molecule has 0 aromatic heterocycles. The Morgan fingerprint density at radius 2 is 2.11 bits per heavy atom. The van der Waals surface area contributed by atoms with Crippen LogP contribution in [-0.2, 0) is 24.0 Å². The Bertz CT molecular complexity index is 237. The molecule has 0 spiro atoms. The van der Waals surface area contributed by atoms with Crippen LogP contribution in [0.1, 0.15) is 25.7 Å². The number of halogens is 1. The molecule has 0 saturated heterocycles. The van der Waals surface area contributed by atoms with E-state index in [2.05, 4.69) is 4.74 Å². The van der Waals surface area contributed by atoms with Crippen molar-refractivity contribution < 1.29 is 28.4 Å². The number of ether oxygens (including phenoxy) is 2. The summed E-state index contributed by atoms with van der Waals surface area (Å²) in [6, 6.07) is 0. The van der Waals surface area contributed by atoms with Crippen molar-refractivity contribution in [2.24, 2.45) is 11.8 Å². The van der Waals surface area contributed by atoms with E-state index in [9.17, 15) is 9.18 Å². The lowest BCUT2D eigenvalue weighted by atomic mass is 9.82. The van der Waals surface area contributed by atoms with Crippen molar-refractivity contribution in [2.45, 2.75) is 25.7 Å². The first-order valence-corrected chi connectivity index (χ1v) is 6.24. The first kappa shape index (κ1) is 15.3. The molecule has 18 heavy (non-hydrogen) atoms. The Balaban J connectivity index is 2.09. The minimum atomic E-state index is -0.813. The van der Waals surface area contributed by atoms with Crippen molar-refractivity contribution in [1.82, 2.24) is 0 Å². The molecule has 0 aliphatic heterocycles. The number of alkyl halides is 1. The molecule has 0 amide bonds. The van der Waals surface area contributed by atoms with E-state index < -0.39 is 6.86 Å². The van der Waals surface area contributed by atoms with Gasteiger partial charge in [0, 0.05) is 0 Å². The van der Waals surface area contributed by atoms with Gasteiger partial charge in [-0.1, -0.05) is 6.42 Å². The zero-order valence-corrected chi connectivity index (χ0v) is 10.7. The second-order valence-corrected chi connectivity index (χ2v) is 4.38. The van der Waals surface area contributed by atoms with E-state index in [1.54, 1.807) is 0 Å².